The predicted molar refractivity (Wildman–Crippen MR) is 116 cm³/mol. The summed E-state index contributed by atoms with van der Waals surface area (Å²) in [6.45, 7) is 5.82. The maximum absolute atomic E-state index is 12.5. The minimum absolute atomic E-state index is 0.106. The molecule has 29 heavy (non-hydrogen) atoms. The lowest BCUT2D eigenvalue weighted by atomic mass is 10.1. The van der Waals surface area contributed by atoms with Crippen molar-refractivity contribution in [3.05, 3.63) is 87.4 Å². The fourth-order valence-corrected chi connectivity index (χ4v) is 4.33. The fraction of sp³-hybridized carbons (Fsp3) is 0.136. The Bertz CT molecular complexity index is 1100. The lowest BCUT2D eigenvalue weighted by Crippen LogP contribution is -2.32. The highest BCUT2D eigenvalue weighted by Crippen LogP contribution is 2.31. The predicted octanol–water partition coefficient (Wildman–Crippen LogP) is 4.76. The zero-order chi connectivity index (χ0) is 20.5. The highest BCUT2D eigenvalue weighted by atomic mass is 35.5. The third-order valence-corrected chi connectivity index (χ3v) is 6.23. The molecule has 7 heteroatoms. The van der Waals surface area contributed by atoms with E-state index in [1.165, 1.54) is 16.2 Å². The van der Waals surface area contributed by atoms with Gasteiger partial charge < -0.3 is 5.32 Å². The number of hydrogen-bond donors (Lipinski definition) is 1. The summed E-state index contributed by atoms with van der Waals surface area (Å²) in [6.07, 6.45) is 2.37. The number of amides is 2. The van der Waals surface area contributed by atoms with Crippen LogP contribution < -0.4 is 5.32 Å². The van der Waals surface area contributed by atoms with Gasteiger partial charge in [0.05, 0.1) is 0 Å². The van der Waals surface area contributed by atoms with Crippen LogP contribution in [0.4, 0.5) is 5.13 Å². The minimum atomic E-state index is -0.318. The monoisotopic (exact) mass is 423 g/mol. The van der Waals surface area contributed by atoms with Crippen molar-refractivity contribution < 1.29 is 9.59 Å². The number of hydrogen-bond acceptors (Lipinski definition) is 4. The van der Waals surface area contributed by atoms with E-state index in [0.29, 0.717) is 22.8 Å². The van der Waals surface area contributed by atoms with E-state index in [4.69, 9.17) is 11.6 Å². The van der Waals surface area contributed by atoms with Gasteiger partial charge in [-0.3, -0.25) is 14.5 Å². The third kappa shape index (κ3) is 3.81. The third-order valence-electron chi connectivity index (χ3n) is 4.78. The molecule has 0 bridgehead atoms. The van der Waals surface area contributed by atoms with Crippen LogP contribution in [-0.4, -0.2) is 28.2 Å². The van der Waals surface area contributed by atoms with Crippen LogP contribution in [-0.2, 0) is 11.2 Å². The summed E-state index contributed by atoms with van der Waals surface area (Å²) in [5.74, 6) is -0.531. The lowest BCUT2D eigenvalue weighted by Gasteiger charge is -2.16. The van der Waals surface area contributed by atoms with E-state index >= 15 is 0 Å². The number of fused-ring (bicyclic) bond motifs is 1. The van der Waals surface area contributed by atoms with Crippen LogP contribution in [0.25, 0.3) is 5.70 Å². The van der Waals surface area contributed by atoms with Crippen molar-refractivity contribution in [3.63, 3.8) is 0 Å². The Kier molecular flexibility index (Phi) is 5.22. The molecule has 0 saturated heterocycles. The first-order valence-corrected chi connectivity index (χ1v) is 10.2. The number of anilines is 1. The first-order valence-electron chi connectivity index (χ1n) is 9.02. The molecule has 2 amide bonds. The largest absolute Gasteiger partial charge is 0.300 e. The SMILES string of the molecule is C=C1c2ccccc2C(=O)N1CC(=O)Nc1ncc(Cc2cccc(C)c2Cl)s1. The standard InChI is InChI=1S/C22H18ClN3O2S/c1-13-6-5-7-15(20(13)23)10-16-11-24-22(29-16)25-19(27)12-26-14(2)17-8-3-4-9-18(17)21(26)28/h3-9,11H,2,10,12H2,1H3,(H,24,25,27). The number of thiazole rings is 1. The van der Waals surface area contributed by atoms with E-state index in [-0.39, 0.29) is 18.4 Å². The zero-order valence-corrected chi connectivity index (χ0v) is 17.3. The molecule has 0 spiro atoms. The molecule has 2 aromatic carbocycles. The van der Waals surface area contributed by atoms with E-state index in [2.05, 4.69) is 16.9 Å². The van der Waals surface area contributed by atoms with Gasteiger partial charge >= 0.3 is 0 Å². The van der Waals surface area contributed by atoms with E-state index in [1.54, 1.807) is 18.3 Å². The van der Waals surface area contributed by atoms with Crippen molar-refractivity contribution in [2.75, 3.05) is 11.9 Å². The number of nitrogens with zero attached hydrogens (tertiary/aromatic N) is 2. The van der Waals surface area contributed by atoms with Gasteiger partial charge in [0.2, 0.25) is 5.91 Å². The first kappa shape index (κ1) is 19.4. The Balaban J connectivity index is 1.41. The Morgan fingerprint density at radius 2 is 1.97 bits per heavy atom. The van der Waals surface area contributed by atoms with Crippen LogP contribution in [0.3, 0.4) is 0 Å². The molecule has 0 fully saturated rings. The van der Waals surface area contributed by atoms with E-state index in [1.807, 2.05) is 37.3 Å². The fourth-order valence-electron chi connectivity index (χ4n) is 3.28. The number of aromatic nitrogens is 1. The highest BCUT2D eigenvalue weighted by molar-refractivity contribution is 7.15. The number of benzene rings is 2. The summed E-state index contributed by atoms with van der Waals surface area (Å²) in [5, 5.41) is 4.01. The summed E-state index contributed by atoms with van der Waals surface area (Å²) in [4.78, 5) is 31.6. The van der Waals surface area contributed by atoms with Crippen LogP contribution in [0.15, 0.2) is 55.2 Å². The van der Waals surface area contributed by atoms with Gasteiger partial charge in [-0.2, -0.15) is 0 Å². The van der Waals surface area contributed by atoms with Crippen LogP contribution in [0.2, 0.25) is 5.02 Å². The molecular weight excluding hydrogens is 406 g/mol. The summed E-state index contributed by atoms with van der Waals surface area (Å²) >= 11 is 7.75. The topological polar surface area (TPSA) is 62.3 Å². The quantitative estimate of drug-likeness (QED) is 0.643. The van der Waals surface area contributed by atoms with Gasteiger partial charge in [0.1, 0.15) is 6.54 Å². The molecule has 1 N–H and O–H groups in total. The molecule has 1 aliphatic heterocycles. The van der Waals surface area contributed by atoms with Gasteiger partial charge in [-0.25, -0.2) is 4.98 Å². The molecule has 146 valence electrons. The number of carbonyl (C=O) groups excluding carboxylic acids is 2. The highest BCUT2D eigenvalue weighted by Gasteiger charge is 2.31. The van der Waals surface area contributed by atoms with Gasteiger partial charge in [-0.05, 0) is 24.1 Å². The Morgan fingerprint density at radius 3 is 2.72 bits per heavy atom. The van der Waals surface area contributed by atoms with Gasteiger partial charge in [0, 0.05) is 39.3 Å². The summed E-state index contributed by atoms with van der Waals surface area (Å²) in [6, 6.07) is 13.1. The molecule has 2 heterocycles. The lowest BCUT2D eigenvalue weighted by molar-refractivity contribution is -0.116. The van der Waals surface area contributed by atoms with Crippen molar-refractivity contribution in [2.24, 2.45) is 0 Å². The number of halogens is 1. The molecule has 4 rings (SSSR count). The zero-order valence-electron chi connectivity index (χ0n) is 15.7. The van der Waals surface area contributed by atoms with Crippen molar-refractivity contribution in [1.29, 1.82) is 0 Å². The van der Waals surface area contributed by atoms with Crippen LogP contribution >= 0.6 is 22.9 Å². The first-order chi connectivity index (χ1) is 13.9. The second kappa shape index (κ2) is 7.81. The van der Waals surface area contributed by atoms with Crippen LogP contribution in [0.5, 0.6) is 0 Å². The van der Waals surface area contributed by atoms with Crippen molar-refractivity contribution in [3.8, 4) is 0 Å². The molecular formula is C22H18ClN3O2S. The molecule has 3 aromatic rings. The Hall–Kier alpha value is -2.96. The van der Waals surface area contributed by atoms with E-state index in [9.17, 15) is 9.59 Å². The summed E-state index contributed by atoms with van der Waals surface area (Å²) in [5.41, 5.74) is 3.91. The summed E-state index contributed by atoms with van der Waals surface area (Å²) in [7, 11) is 0. The molecule has 1 aliphatic rings. The number of aryl methyl sites for hydroxylation is 1. The second-order valence-corrected chi connectivity index (χ2v) is 8.28. The number of nitrogens with one attached hydrogen (secondary N) is 1. The normalized spacial score (nSPS) is 13.0. The van der Waals surface area contributed by atoms with Crippen LogP contribution in [0.1, 0.15) is 31.9 Å². The van der Waals surface area contributed by atoms with Crippen LogP contribution in [0, 0.1) is 6.92 Å². The number of rotatable bonds is 5. The molecule has 0 unspecified atom stereocenters. The molecule has 1 aromatic heterocycles. The molecule has 0 aliphatic carbocycles. The maximum atomic E-state index is 12.5. The van der Waals surface area contributed by atoms with Gasteiger partial charge in [0.15, 0.2) is 5.13 Å². The molecule has 0 atom stereocenters. The smallest absolute Gasteiger partial charge is 0.259 e. The summed E-state index contributed by atoms with van der Waals surface area (Å²) < 4.78 is 0. The molecule has 0 radical (unpaired) electrons. The molecule has 0 saturated carbocycles. The maximum Gasteiger partial charge on any atom is 0.259 e. The molecule has 5 nitrogen and oxygen atoms in total. The average Bonchev–Trinajstić information content (AvgIpc) is 3.24. The van der Waals surface area contributed by atoms with Crippen molar-refractivity contribution in [2.45, 2.75) is 13.3 Å². The average molecular weight is 424 g/mol. The van der Waals surface area contributed by atoms with Crippen molar-refractivity contribution >= 4 is 45.6 Å². The van der Waals surface area contributed by atoms with Gasteiger partial charge in [0.25, 0.3) is 5.91 Å². The number of carbonyl (C=O) groups is 2. The minimum Gasteiger partial charge on any atom is -0.300 e. The Morgan fingerprint density at radius 1 is 1.21 bits per heavy atom. The van der Waals surface area contributed by atoms with Crippen molar-refractivity contribution in [1.82, 2.24) is 9.88 Å². The Labute approximate surface area is 177 Å². The van der Waals surface area contributed by atoms with E-state index < -0.39 is 0 Å². The van der Waals surface area contributed by atoms with Gasteiger partial charge in [-0.1, -0.05) is 54.6 Å². The van der Waals surface area contributed by atoms with Gasteiger partial charge in [-0.15, -0.1) is 11.3 Å². The second-order valence-electron chi connectivity index (χ2n) is 6.79. The van der Waals surface area contributed by atoms with E-state index in [0.717, 1.165) is 26.6 Å².